The van der Waals surface area contributed by atoms with Gasteiger partial charge in [-0.05, 0) is 18.8 Å². The van der Waals surface area contributed by atoms with E-state index in [1.807, 2.05) is 13.0 Å². The van der Waals surface area contributed by atoms with Crippen LogP contribution in [-0.2, 0) is 0 Å². The molecular formula is C10H18N2. The summed E-state index contributed by atoms with van der Waals surface area (Å²) in [6.45, 7) is 8.26. The third kappa shape index (κ3) is 7.19. The Morgan fingerprint density at radius 2 is 2.00 bits per heavy atom. The lowest BCUT2D eigenvalue weighted by molar-refractivity contribution is 0.435. The average molecular weight is 166 g/mol. The zero-order chi connectivity index (χ0) is 9.61. The van der Waals surface area contributed by atoms with Gasteiger partial charge in [0.2, 0.25) is 0 Å². The number of allylic oxidation sites excluding steroid dienone is 1. The van der Waals surface area contributed by atoms with E-state index in [2.05, 4.69) is 25.8 Å². The molecule has 0 fully saturated rings. The van der Waals surface area contributed by atoms with Crippen LogP contribution in [0.3, 0.4) is 0 Å². The SMILES string of the molecule is C/C=C\N=C/C(=N)CC(C)(C)C. The molecule has 2 nitrogen and oxygen atoms in total. The Hall–Kier alpha value is -0.920. The first-order valence-corrected chi connectivity index (χ1v) is 4.17. The molecule has 0 saturated carbocycles. The first-order chi connectivity index (χ1) is 5.45. The second kappa shape index (κ2) is 4.86. The Morgan fingerprint density at radius 3 is 2.42 bits per heavy atom. The summed E-state index contributed by atoms with van der Waals surface area (Å²) >= 11 is 0. The lowest BCUT2D eigenvalue weighted by Gasteiger charge is -2.16. The van der Waals surface area contributed by atoms with E-state index in [0.717, 1.165) is 6.42 Å². The van der Waals surface area contributed by atoms with E-state index >= 15 is 0 Å². The third-order valence-corrected chi connectivity index (χ3v) is 1.19. The Labute approximate surface area is 74.9 Å². The Morgan fingerprint density at radius 1 is 1.42 bits per heavy atom. The van der Waals surface area contributed by atoms with Gasteiger partial charge in [0, 0.05) is 12.4 Å². The summed E-state index contributed by atoms with van der Waals surface area (Å²) in [5.74, 6) is 0. The van der Waals surface area contributed by atoms with Gasteiger partial charge in [-0.15, -0.1) is 0 Å². The fraction of sp³-hybridized carbons (Fsp3) is 0.600. The summed E-state index contributed by atoms with van der Waals surface area (Å²) in [7, 11) is 0. The molecule has 2 heteroatoms. The van der Waals surface area contributed by atoms with Gasteiger partial charge < -0.3 is 5.41 Å². The van der Waals surface area contributed by atoms with Crippen molar-refractivity contribution in [3.8, 4) is 0 Å². The van der Waals surface area contributed by atoms with Crippen molar-refractivity contribution in [3.63, 3.8) is 0 Å². The second-order valence-electron chi connectivity index (χ2n) is 4.02. The summed E-state index contributed by atoms with van der Waals surface area (Å²) < 4.78 is 0. The monoisotopic (exact) mass is 166 g/mol. The molecule has 0 aliphatic rings. The summed E-state index contributed by atoms with van der Waals surface area (Å²) in [5, 5.41) is 7.54. The molecule has 0 bridgehead atoms. The summed E-state index contributed by atoms with van der Waals surface area (Å²) in [4.78, 5) is 3.94. The first kappa shape index (κ1) is 11.1. The zero-order valence-corrected chi connectivity index (χ0v) is 8.39. The minimum absolute atomic E-state index is 0.180. The molecule has 0 saturated heterocycles. The third-order valence-electron chi connectivity index (χ3n) is 1.19. The van der Waals surface area contributed by atoms with Crippen molar-refractivity contribution in [2.75, 3.05) is 0 Å². The molecule has 0 aliphatic heterocycles. The molecule has 0 atom stereocenters. The zero-order valence-electron chi connectivity index (χ0n) is 8.39. The number of rotatable bonds is 3. The number of aliphatic imine (C=N–C) groups is 1. The fourth-order valence-corrected chi connectivity index (χ4v) is 0.836. The standard InChI is InChI=1S/C10H18N2/c1-5-6-12-8-9(11)7-10(2,3)4/h5-6,8,11H,7H2,1-4H3/b6-5-,11-9?,12-8-. The average Bonchev–Trinajstić information content (AvgIpc) is 1.84. The van der Waals surface area contributed by atoms with Crippen molar-refractivity contribution in [3.05, 3.63) is 12.3 Å². The van der Waals surface area contributed by atoms with Gasteiger partial charge in [-0.3, -0.25) is 4.99 Å². The molecule has 0 radical (unpaired) electrons. The fourth-order valence-electron chi connectivity index (χ4n) is 0.836. The molecule has 1 N–H and O–H groups in total. The van der Waals surface area contributed by atoms with E-state index in [0.29, 0.717) is 5.71 Å². The molecule has 0 aliphatic carbocycles. The van der Waals surface area contributed by atoms with Gasteiger partial charge in [0.25, 0.3) is 0 Å². The van der Waals surface area contributed by atoms with E-state index < -0.39 is 0 Å². The first-order valence-electron chi connectivity index (χ1n) is 4.17. The van der Waals surface area contributed by atoms with Gasteiger partial charge in [-0.2, -0.15) is 0 Å². The molecule has 0 aromatic rings. The normalized spacial score (nSPS) is 13.0. The van der Waals surface area contributed by atoms with Crippen molar-refractivity contribution >= 4 is 11.9 Å². The summed E-state index contributed by atoms with van der Waals surface area (Å²) in [6.07, 6.45) is 5.91. The maximum Gasteiger partial charge on any atom is 0.0501 e. The quantitative estimate of drug-likeness (QED) is 0.626. The van der Waals surface area contributed by atoms with Crippen LogP contribution in [0, 0.1) is 10.8 Å². The summed E-state index contributed by atoms with van der Waals surface area (Å²) in [5.41, 5.74) is 0.763. The largest absolute Gasteiger partial charge is 0.304 e. The minimum Gasteiger partial charge on any atom is -0.304 e. The van der Waals surface area contributed by atoms with Crippen molar-refractivity contribution in [1.82, 2.24) is 0 Å². The van der Waals surface area contributed by atoms with E-state index in [-0.39, 0.29) is 5.41 Å². The van der Waals surface area contributed by atoms with Crippen LogP contribution >= 0.6 is 0 Å². The second-order valence-corrected chi connectivity index (χ2v) is 4.02. The minimum atomic E-state index is 0.180. The van der Waals surface area contributed by atoms with Gasteiger partial charge >= 0.3 is 0 Å². The van der Waals surface area contributed by atoms with Gasteiger partial charge in [0.1, 0.15) is 0 Å². The highest BCUT2D eigenvalue weighted by atomic mass is 14.7. The molecule has 0 aromatic carbocycles. The highest BCUT2D eigenvalue weighted by Crippen LogP contribution is 2.17. The molecule has 12 heavy (non-hydrogen) atoms. The van der Waals surface area contributed by atoms with Crippen LogP contribution in [0.1, 0.15) is 34.1 Å². The summed E-state index contributed by atoms with van der Waals surface area (Å²) in [6, 6.07) is 0. The van der Waals surface area contributed by atoms with Gasteiger partial charge in [-0.1, -0.05) is 26.8 Å². The van der Waals surface area contributed by atoms with Gasteiger partial charge in [0.15, 0.2) is 0 Å². The number of nitrogens with one attached hydrogen (secondary N) is 1. The molecule has 0 aromatic heterocycles. The molecular weight excluding hydrogens is 148 g/mol. The Balaban J connectivity index is 3.91. The van der Waals surface area contributed by atoms with Crippen LogP contribution in [0.15, 0.2) is 17.3 Å². The van der Waals surface area contributed by atoms with Crippen LogP contribution in [0.25, 0.3) is 0 Å². The van der Waals surface area contributed by atoms with E-state index in [1.54, 1.807) is 12.4 Å². The number of nitrogens with zero attached hydrogens (tertiary/aromatic N) is 1. The maximum absolute atomic E-state index is 7.54. The molecule has 68 valence electrons. The lowest BCUT2D eigenvalue weighted by Crippen LogP contribution is -2.12. The Bertz CT molecular complexity index is 194. The smallest absolute Gasteiger partial charge is 0.0501 e. The predicted molar refractivity (Wildman–Crippen MR) is 55.1 cm³/mol. The Kier molecular flexibility index (Phi) is 4.49. The van der Waals surface area contributed by atoms with Gasteiger partial charge in [-0.25, -0.2) is 0 Å². The molecule has 0 amide bonds. The van der Waals surface area contributed by atoms with Gasteiger partial charge in [0.05, 0.1) is 5.71 Å². The van der Waals surface area contributed by atoms with Crippen molar-refractivity contribution in [2.24, 2.45) is 10.4 Å². The van der Waals surface area contributed by atoms with Crippen LogP contribution in [0.4, 0.5) is 0 Å². The van der Waals surface area contributed by atoms with Crippen molar-refractivity contribution < 1.29 is 0 Å². The molecule has 0 rings (SSSR count). The van der Waals surface area contributed by atoms with E-state index in [1.165, 1.54) is 0 Å². The highest BCUT2D eigenvalue weighted by Gasteiger charge is 2.11. The highest BCUT2D eigenvalue weighted by molar-refractivity contribution is 6.29. The lowest BCUT2D eigenvalue weighted by atomic mass is 9.90. The van der Waals surface area contributed by atoms with E-state index in [4.69, 9.17) is 5.41 Å². The topological polar surface area (TPSA) is 36.2 Å². The van der Waals surface area contributed by atoms with Crippen LogP contribution < -0.4 is 0 Å². The van der Waals surface area contributed by atoms with Crippen molar-refractivity contribution in [1.29, 1.82) is 5.41 Å². The molecule has 0 unspecified atom stereocenters. The predicted octanol–water partition coefficient (Wildman–Crippen LogP) is 3.05. The van der Waals surface area contributed by atoms with Crippen LogP contribution in [0.2, 0.25) is 0 Å². The van der Waals surface area contributed by atoms with Crippen LogP contribution in [-0.4, -0.2) is 11.9 Å². The van der Waals surface area contributed by atoms with E-state index in [9.17, 15) is 0 Å². The van der Waals surface area contributed by atoms with Crippen LogP contribution in [0.5, 0.6) is 0 Å². The molecule has 0 spiro atoms. The number of hydrogen-bond donors (Lipinski definition) is 1. The van der Waals surface area contributed by atoms with Crippen molar-refractivity contribution in [2.45, 2.75) is 34.1 Å². The maximum atomic E-state index is 7.54. The molecule has 0 heterocycles. The number of hydrogen-bond acceptors (Lipinski definition) is 2.